The Labute approximate surface area is 121 Å². The Morgan fingerprint density at radius 3 is 2.39 bits per heavy atom. The lowest BCUT2D eigenvalue weighted by Crippen LogP contribution is -2.42. The molecule has 9 heteroatoms. The molecule has 0 saturated heterocycles. The van der Waals surface area contributed by atoms with Gasteiger partial charge in [0.1, 0.15) is 4.90 Å². The molecule has 6 nitrogen and oxygen atoms in total. The fourth-order valence-corrected chi connectivity index (χ4v) is 4.50. The lowest BCUT2D eigenvalue weighted by atomic mass is 10.3. The summed E-state index contributed by atoms with van der Waals surface area (Å²) in [5.41, 5.74) is 10.7. The Hall–Kier alpha value is -0.640. The fourth-order valence-electron chi connectivity index (χ4n) is 1.21. The van der Waals surface area contributed by atoms with E-state index in [2.05, 4.69) is 36.6 Å². The topological polar surface area (TPSA) is 115 Å². The number of benzene rings is 1. The van der Waals surface area contributed by atoms with Crippen molar-refractivity contribution in [1.29, 1.82) is 0 Å². The lowest BCUT2D eigenvalue weighted by molar-refractivity contribution is -0.119. The van der Waals surface area contributed by atoms with E-state index >= 15 is 0 Å². The van der Waals surface area contributed by atoms with Crippen molar-refractivity contribution in [3.8, 4) is 0 Å². The SMILES string of the molecule is CC(NS(=O)(=O)c1c(N)cc(Br)cc1Br)C(N)=O. The maximum atomic E-state index is 12.1. The summed E-state index contributed by atoms with van der Waals surface area (Å²) in [4.78, 5) is 10.8. The van der Waals surface area contributed by atoms with Crippen molar-refractivity contribution in [2.75, 3.05) is 5.73 Å². The molecule has 0 spiro atoms. The van der Waals surface area contributed by atoms with E-state index in [9.17, 15) is 13.2 Å². The Bertz CT molecular complexity index is 566. The van der Waals surface area contributed by atoms with Crippen LogP contribution in [0.25, 0.3) is 0 Å². The first kappa shape index (κ1) is 15.4. The number of carbonyl (C=O) groups is 1. The standard InChI is InChI=1S/C9H11Br2N3O3S/c1-4(9(13)15)14-18(16,17)8-6(11)2-5(10)3-7(8)12/h2-4,14H,12H2,1H3,(H2,13,15). The van der Waals surface area contributed by atoms with Gasteiger partial charge in [-0.05, 0) is 35.0 Å². The quantitative estimate of drug-likeness (QED) is 0.652. The molecule has 1 atom stereocenters. The van der Waals surface area contributed by atoms with Crippen molar-refractivity contribution in [2.45, 2.75) is 17.9 Å². The molecule has 0 aliphatic rings. The van der Waals surface area contributed by atoms with Crippen molar-refractivity contribution >= 4 is 53.5 Å². The van der Waals surface area contributed by atoms with Gasteiger partial charge in [-0.1, -0.05) is 15.9 Å². The maximum Gasteiger partial charge on any atom is 0.244 e. The highest BCUT2D eigenvalue weighted by molar-refractivity contribution is 9.11. The third kappa shape index (κ3) is 3.44. The number of primary amides is 1. The van der Waals surface area contributed by atoms with Gasteiger partial charge in [0.2, 0.25) is 15.9 Å². The largest absolute Gasteiger partial charge is 0.398 e. The van der Waals surface area contributed by atoms with Crippen LogP contribution in [0.15, 0.2) is 26.0 Å². The van der Waals surface area contributed by atoms with E-state index in [0.29, 0.717) is 8.95 Å². The van der Waals surface area contributed by atoms with Crippen LogP contribution < -0.4 is 16.2 Å². The van der Waals surface area contributed by atoms with Gasteiger partial charge in [0.05, 0.1) is 11.7 Å². The monoisotopic (exact) mass is 399 g/mol. The summed E-state index contributed by atoms with van der Waals surface area (Å²) in [5, 5.41) is 0. The predicted molar refractivity (Wildman–Crippen MR) is 75.2 cm³/mol. The summed E-state index contributed by atoms with van der Waals surface area (Å²) >= 11 is 6.30. The molecular formula is C9H11Br2N3O3S. The molecule has 0 radical (unpaired) electrons. The van der Waals surface area contributed by atoms with Crippen molar-refractivity contribution in [3.63, 3.8) is 0 Å². The summed E-state index contributed by atoms with van der Waals surface area (Å²) in [6, 6.07) is 1.97. The van der Waals surface area contributed by atoms with E-state index in [1.807, 2.05) is 0 Å². The molecule has 0 heterocycles. The smallest absolute Gasteiger partial charge is 0.244 e. The van der Waals surface area contributed by atoms with Crippen LogP contribution in [0.1, 0.15) is 6.92 Å². The van der Waals surface area contributed by atoms with E-state index < -0.39 is 22.0 Å². The molecule has 0 aliphatic carbocycles. The number of rotatable bonds is 4. The van der Waals surface area contributed by atoms with Crippen LogP contribution in [-0.2, 0) is 14.8 Å². The molecule has 0 fully saturated rings. The molecule has 1 unspecified atom stereocenters. The van der Waals surface area contributed by atoms with Crippen LogP contribution in [0, 0.1) is 0 Å². The molecule has 1 amide bonds. The Kier molecular flexibility index (Phi) is 4.76. The van der Waals surface area contributed by atoms with Gasteiger partial charge < -0.3 is 11.5 Å². The number of nitrogen functional groups attached to an aromatic ring is 1. The predicted octanol–water partition coefficient (Wildman–Crippen LogP) is 0.946. The minimum absolute atomic E-state index is 0.0559. The molecule has 1 aromatic rings. The summed E-state index contributed by atoms with van der Waals surface area (Å²) in [6.07, 6.45) is 0. The Balaban J connectivity index is 3.25. The van der Waals surface area contributed by atoms with E-state index in [1.165, 1.54) is 13.0 Å². The highest BCUT2D eigenvalue weighted by Crippen LogP contribution is 2.31. The van der Waals surface area contributed by atoms with Gasteiger partial charge >= 0.3 is 0 Å². The average Bonchev–Trinajstić information content (AvgIpc) is 2.13. The van der Waals surface area contributed by atoms with E-state index in [-0.39, 0.29) is 10.6 Å². The summed E-state index contributed by atoms with van der Waals surface area (Å²) in [5.74, 6) is -0.773. The molecular weight excluding hydrogens is 390 g/mol. The number of hydrogen-bond acceptors (Lipinski definition) is 4. The third-order valence-corrected chi connectivity index (χ3v) is 5.07. The fraction of sp³-hybridized carbons (Fsp3) is 0.222. The molecule has 0 bridgehead atoms. The van der Waals surface area contributed by atoms with Crippen LogP contribution in [-0.4, -0.2) is 20.4 Å². The Morgan fingerprint density at radius 1 is 1.39 bits per heavy atom. The highest BCUT2D eigenvalue weighted by atomic mass is 79.9. The zero-order chi connectivity index (χ0) is 14.1. The van der Waals surface area contributed by atoms with E-state index in [0.717, 1.165) is 0 Å². The first-order chi connectivity index (χ1) is 8.15. The minimum Gasteiger partial charge on any atom is -0.398 e. The molecule has 18 heavy (non-hydrogen) atoms. The number of anilines is 1. The number of nitrogens with one attached hydrogen (secondary N) is 1. The van der Waals surface area contributed by atoms with E-state index in [1.54, 1.807) is 6.07 Å². The first-order valence-corrected chi connectivity index (χ1v) is 7.78. The summed E-state index contributed by atoms with van der Waals surface area (Å²) < 4.78 is 27.2. The summed E-state index contributed by atoms with van der Waals surface area (Å²) in [7, 11) is -3.93. The number of hydrogen-bond donors (Lipinski definition) is 3. The lowest BCUT2D eigenvalue weighted by Gasteiger charge is -2.14. The number of sulfonamides is 1. The second kappa shape index (κ2) is 5.55. The normalized spacial score (nSPS) is 13.3. The van der Waals surface area contributed by atoms with Crippen LogP contribution in [0.5, 0.6) is 0 Å². The zero-order valence-corrected chi connectivity index (χ0v) is 13.3. The summed E-state index contributed by atoms with van der Waals surface area (Å²) in [6.45, 7) is 1.35. The second-order valence-electron chi connectivity index (χ2n) is 3.55. The van der Waals surface area contributed by atoms with Gasteiger partial charge in [0.15, 0.2) is 0 Å². The van der Waals surface area contributed by atoms with Crippen molar-refractivity contribution in [2.24, 2.45) is 5.73 Å². The van der Waals surface area contributed by atoms with Crippen molar-refractivity contribution < 1.29 is 13.2 Å². The van der Waals surface area contributed by atoms with Crippen molar-refractivity contribution in [3.05, 3.63) is 21.1 Å². The first-order valence-electron chi connectivity index (χ1n) is 4.71. The number of nitrogens with two attached hydrogens (primary N) is 2. The third-order valence-electron chi connectivity index (χ3n) is 2.06. The molecule has 0 aromatic heterocycles. The van der Waals surface area contributed by atoms with Gasteiger partial charge in [0.25, 0.3) is 0 Å². The second-order valence-corrected chi connectivity index (χ2v) is 6.97. The number of amides is 1. The van der Waals surface area contributed by atoms with Crippen LogP contribution in [0.2, 0.25) is 0 Å². The molecule has 0 aliphatic heterocycles. The van der Waals surface area contributed by atoms with Crippen LogP contribution in [0.4, 0.5) is 5.69 Å². The van der Waals surface area contributed by atoms with Gasteiger partial charge in [-0.2, -0.15) is 4.72 Å². The molecule has 1 rings (SSSR count). The molecule has 100 valence electrons. The molecule has 1 aromatic carbocycles. The van der Waals surface area contributed by atoms with Crippen LogP contribution in [0.3, 0.4) is 0 Å². The van der Waals surface area contributed by atoms with Crippen LogP contribution >= 0.6 is 31.9 Å². The Morgan fingerprint density at radius 2 is 1.94 bits per heavy atom. The molecule has 5 N–H and O–H groups in total. The molecule has 0 saturated carbocycles. The van der Waals surface area contributed by atoms with Gasteiger partial charge in [-0.3, -0.25) is 4.79 Å². The van der Waals surface area contributed by atoms with Crippen molar-refractivity contribution in [1.82, 2.24) is 4.72 Å². The minimum atomic E-state index is -3.93. The zero-order valence-electron chi connectivity index (χ0n) is 9.28. The van der Waals surface area contributed by atoms with Gasteiger partial charge in [-0.25, -0.2) is 8.42 Å². The number of carbonyl (C=O) groups excluding carboxylic acids is 1. The van der Waals surface area contributed by atoms with Gasteiger partial charge in [0, 0.05) is 8.95 Å². The average molecular weight is 401 g/mol. The van der Waals surface area contributed by atoms with E-state index in [4.69, 9.17) is 11.5 Å². The maximum absolute atomic E-state index is 12.1. The number of halogens is 2. The highest BCUT2D eigenvalue weighted by Gasteiger charge is 2.25. The van der Waals surface area contributed by atoms with Gasteiger partial charge in [-0.15, -0.1) is 0 Å².